The lowest BCUT2D eigenvalue weighted by molar-refractivity contribution is 0.133. The lowest BCUT2D eigenvalue weighted by Gasteiger charge is -2.10. The van der Waals surface area contributed by atoms with Crippen LogP contribution in [0.1, 0.15) is 13.3 Å². The fourth-order valence-electron chi connectivity index (χ4n) is 0.981. The lowest BCUT2D eigenvalue weighted by atomic mass is 10.3. The molecule has 1 N–H and O–H groups in total. The molecule has 1 aliphatic heterocycles. The maximum atomic E-state index is 9.47. The molecule has 0 aromatic carbocycles. The second kappa shape index (κ2) is 4.67. The van der Waals surface area contributed by atoms with Crippen molar-refractivity contribution in [3.63, 3.8) is 0 Å². The van der Waals surface area contributed by atoms with Gasteiger partial charge in [0, 0.05) is 12.2 Å². The van der Waals surface area contributed by atoms with E-state index in [4.69, 9.17) is 4.74 Å². The quantitative estimate of drug-likeness (QED) is 0.698. The van der Waals surface area contributed by atoms with Crippen molar-refractivity contribution < 1.29 is 9.84 Å². The van der Waals surface area contributed by atoms with E-state index in [9.17, 15) is 5.11 Å². The summed E-state index contributed by atoms with van der Waals surface area (Å²) in [5, 5.41) is 9.47. The molecule has 1 aliphatic rings. The van der Waals surface area contributed by atoms with Crippen LogP contribution in [0.3, 0.4) is 0 Å². The Bertz CT molecular complexity index is 145. The topological polar surface area (TPSA) is 29.5 Å². The molecule has 0 aliphatic carbocycles. The SMILES string of the molecule is CCSCC(O)C1=CCCO1. The zero-order valence-electron chi connectivity index (χ0n) is 6.75. The van der Waals surface area contributed by atoms with Gasteiger partial charge in [-0.1, -0.05) is 6.92 Å². The highest BCUT2D eigenvalue weighted by Gasteiger charge is 2.14. The summed E-state index contributed by atoms with van der Waals surface area (Å²) in [6, 6.07) is 0. The predicted octanol–water partition coefficient (Wildman–Crippen LogP) is 1.40. The summed E-state index contributed by atoms with van der Waals surface area (Å²) in [5.74, 6) is 2.57. The molecule has 0 aromatic heterocycles. The third-order valence-corrected chi connectivity index (χ3v) is 2.50. The zero-order chi connectivity index (χ0) is 8.10. The minimum Gasteiger partial charge on any atom is -0.495 e. The van der Waals surface area contributed by atoms with Gasteiger partial charge in [-0.15, -0.1) is 0 Å². The van der Waals surface area contributed by atoms with Gasteiger partial charge in [0.25, 0.3) is 0 Å². The maximum absolute atomic E-state index is 9.47. The van der Waals surface area contributed by atoms with Crippen molar-refractivity contribution in [1.82, 2.24) is 0 Å². The zero-order valence-corrected chi connectivity index (χ0v) is 7.56. The Hall–Kier alpha value is -0.150. The molecular formula is C8H14O2S. The summed E-state index contributed by atoms with van der Waals surface area (Å²) in [6.07, 6.45) is 2.53. The largest absolute Gasteiger partial charge is 0.495 e. The molecular weight excluding hydrogens is 160 g/mol. The predicted molar refractivity (Wildman–Crippen MR) is 47.7 cm³/mol. The number of ether oxygens (including phenoxy) is 1. The van der Waals surface area contributed by atoms with Gasteiger partial charge in [-0.05, 0) is 11.8 Å². The van der Waals surface area contributed by atoms with Crippen LogP contribution in [0.2, 0.25) is 0 Å². The Labute approximate surface area is 71.6 Å². The summed E-state index contributed by atoms with van der Waals surface area (Å²) < 4.78 is 5.21. The first kappa shape index (κ1) is 8.94. The molecule has 0 fully saturated rings. The van der Waals surface area contributed by atoms with Gasteiger partial charge in [-0.2, -0.15) is 11.8 Å². The minimum absolute atomic E-state index is 0.387. The van der Waals surface area contributed by atoms with E-state index >= 15 is 0 Å². The number of hydrogen-bond acceptors (Lipinski definition) is 3. The molecule has 2 nitrogen and oxygen atoms in total. The molecule has 0 bridgehead atoms. The van der Waals surface area contributed by atoms with Crippen LogP contribution < -0.4 is 0 Å². The molecule has 0 saturated carbocycles. The van der Waals surface area contributed by atoms with Crippen molar-refractivity contribution >= 4 is 11.8 Å². The van der Waals surface area contributed by atoms with Gasteiger partial charge in [-0.25, -0.2) is 0 Å². The maximum Gasteiger partial charge on any atom is 0.121 e. The first-order chi connectivity index (χ1) is 5.34. The molecule has 0 radical (unpaired) electrons. The van der Waals surface area contributed by atoms with E-state index in [2.05, 4.69) is 6.92 Å². The molecule has 64 valence electrons. The summed E-state index contributed by atoms with van der Waals surface area (Å²) >= 11 is 1.73. The average Bonchev–Trinajstić information content (AvgIpc) is 2.52. The van der Waals surface area contributed by atoms with Gasteiger partial charge in [0.2, 0.25) is 0 Å². The number of rotatable bonds is 4. The lowest BCUT2D eigenvalue weighted by Crippen LogP contribution is -2.13. The second-order valence-corrected chi connectivity index (χ2v) is 3.74. The fourth-order valence-corrected chi connectivity index (χ4v) is 1.60. The summed E-state index contributed by atoms with van der Waals surface area (Å²) in [5.41, 5.74) is 0. The third kappa shape index (κ3) is 2.75. The molecule has 0 amide bonds. The Morgan fingerprint density at radius 3 is 3.18 bits per heavy atom. The number of aliphatic hydroxyl groups excluding tert-OH is 1. The smallest absolute Gasteiger partial charge is 0.121 e. The van der Waals surface area contributed by atoms with E-state index in [0.717, 1.165) is 30.3 Å². The molecule has 1 rings (SSSR count). The Kier molecular flexibility index (Phi) is 3.80. The summed E-state index contributed by atoms with van der Waals surface area (Å²) in [6.45, 7) is 2.82. The van der Waals surface area contributed by atoms with Crippen LogP contribution in [0.15, 0.2) is 11.8 Å². The van der Waals surface area contributed by atoms with E-state index in [0.29, 0.717) is 0 Å². The van der Waals surface area contributed by atoms with Crippen LogP contribution in [-0.2, 0) is 4.74 Å². The van der Waals surface area contributed by atoms with Gasteiger partial charge in [-0.3, -0.25) is 0 Å². The van der Waals surface area contributed by atoms with E-state index < -0.39 is 0 Å². The van der Waals surface area contributed by atoms with E-state index in [1.165, 1.54) is 0 Å². The first-order valence-corrected chi connectivity index (χ1v) is 5.08. The number of thioether (sulfide) groups is 1. The summed E-state index contributed by atoms with van der Waals surface area (Å²) in [7, 11) is 0. The average molecular weight is 174 g/mol. The molecule has 1 unspecified atom stereocenters. The number of hydrogen-bond donors (Lipinski definition) is 1. The Morgan fingerprint density at radius 2 is 2.64 bits per heavy atom. The molecule has 1 atom stereocenters. The van der Waals surface area contributed by atoms with Crippen molar-refractivity contribution in [2.75, 3.05) is 18.1 Å². The van der Waals surface area contributed by atoms with Gasteiger partial charge in [0.15, 0.2) is 0 Å². The van der Waals surface area contributed by atoms with Gasteiger partial charge < -0.3 is 9.84 Å². The van der Waals surface area contributed by atoms with E-state index in [1.807, 2.05) is 6.08 Å². The molecule has 0 saturated heterocycles. The van der Waals surface area contributed by atoms with Crippen LogP contribution in [0.25, 0.3) is 0 Å². The van der Waals surface area contributed by atoms with Crippen LogP contribution in [0, 0.1) is 0 Å². The van der Waals surface area contributed by atoms with Crippen molar-refractivity contribution in [2.24, 2.45) is 0 Å². The van der Waals surface area contributed by atoms with Crippen molar-refractivity contribution in [1.29, 1.82) is 0 Å². The highest BCUT2D eigenvalue weighted by Crippen LogP contribution is 2.16. The highest BCUT2D eigenvalue weighted by atomic mass is 32.2. The van der Waals surface area contributed by atoms with Gasteiger partial charge in [0.05, 0.1) is 6.61 Å². The van der Waals surface area contributed by atoms with Crippen LogP contribution in [-0.4, -0.2) is 29.3 Å². The second-order valence-electron chi connectivity index (χ2n) is 2.42. The fraction of sp³-hybridized carbons (Fsp3) is 0.750. The summed E-state index contributed by atoms with van der Waals surface area (Å²) in [4.78, 5) is 0. The van der Waals surface area contributed by atoms with Crippen molar-refractivity contribution in [3.8, 4) is 0 Å². The first-order valence-electron chi connectivity index (χ1n) is 3.93. The highest BCUT2D eigenvalue weighted by molar-refractivity contribution is 7.99. The third-order valence-electron chi connectivity index (χ3n) is 1.54. The van der Waals surface area contributed by atoms with Crippen LogP contribution >= 0.6 is 11.8 Å². The standard InChI is InChI=1S/C8H14O2S/c1-2-11-6-7(9)8-4-3-5-10-8/h4,7,9H,2-3,5-6H2,1H3. The van der Waals surface area contributed by atoms with Crippen LogP contribution in [0.5, 0.6) is 0 Å². The molecule has 11 heavy (non-hydrogen) atoms. The molecule has 3 heteroatoms. The monoisotopic (exact) mass is 174 g/mol. The van der Waals surface area contributed by atoms with Gasteiger partial charge in [0.1, 0.15) is 11.9 Å². The number of aliphatic hydroxyl groups is 1. The van der Waals surface area contributed by atoms with Crippen molar-refractivity contribution in [2.45, 2.75) is 19.4 Å². The minimum atomic E-state index is -0.387. The normalized spacial score (nSPS) is 19.3. The Balaban J connectivity index is 2.23. The molecule has 1 heterocycles. The van der Waals surface area contributed by atoms with E-state index in [-0.39, 0.29) is 6.10 Å². The van der Waals surface area contributed by atoms with Crippen molar-refractivity contribution in [3.05, 3.63) is 11.8 Å². The molecule has 0 spiro atoms. The Morgan fingerprint density at radius 1 is 1.82 bits per heavy atom. The molecule has 0 aromatic rings. The van der Waals surface area contributed by atoms with Crippen LogP contribution in [0.4, 0.5) is 0 Å². The van der Waals surface area contributed by atoms with E-state index in [1.54, 1.807) is 11.8 Å². The van der Waals surface area contributed by atoms with Gasteiger partial charge >= 0.3 is 0 Å².